The topological polar surface area (TPSA) is 114 Å². The number of hydrogen-bond donors (Lipinski definition) is 2. The molecule has 0 heterocycles. The van der Waals surface area contributed by atoms with E-state index in [1.807, 2.05) is 60.7 Å². The molecule has 0 radical (unpaired) electrons. The minimum Gasteiger partial charge on any atom is -0.458 e. The van der Waals surface area contributed by atoms with Crippen LogP contribution in [0.25, 0.3) is 0 Å². The molecular weight excluding hydrogens is 654 g/mol. The smallest absolute Gasteiger partial charge is 0.408 e. The lowest BCUT2D eigenvalue weighted by molar-refractivity contribution is -0.159. The Morgan fingerprint density at radius 3 is 1.75 bits per heavy atom. The van der Waals surface area contributed by atoms with Gasteiger partial charge in [-0.15, -0.1) is 6.42 Å². The molecule has 3 atom stereocenters. The summed E-state index contributed by atoms with van der Waals surface area (Å²) in [6.45, 7) is 12.9. The molecule has 0 aromatic heterocycles. The summed E-state index contributed by atoms with van der Waals surface area (Å²) in [6.07, 6.45) is 8.59. The number of nitrogens with zero attached hydrogens (tertiary/aromatic N) is 1. The van der Waals surface area contributed by atoms with Crippen LogP contribution in [-0.4, -0.2) is 58.6 Å². The van der Waals surface area contributed by atoms with E-state index >= 15 is 0 Å². The summed E-state index contributed by atoms with van der Waals surface area (Å²) in [7, 11) is 0. The fraction of sp³-hybridized carbons (Fsp3) is 0.442. The van der Waals surface area contributed by atoms with Gasteiger partial charge in [0.25, 0.3) is 0 Å². The molecule has 0 spiro atoms. The number of amides is 3. The zero-order chi connectivity index (χ0) is 38.3. The Labute approximate surface area is 309 Å². The van der Waals surface area contributed by atoms with Crippen molar-refractivity contribution in [1.82, 2.24) is 15.5 Å². The summed E-state index contributed by atoms with van der Waals surface area (Å²) >= 11 is 0. The Morgan fingerprint density at radius 2 is 1.25 bits per heavy atom. The average molecular weight is 710 g/mol. The largest absolute Gasteiger partial charge is 0.458 e. The number of carbonyl (C=O) groups excluding carboxylic acids is 4. The molecule has 3 amide bonds. The quantitative estimate of drug-likeness (QED) is 0.0916. The van der Waals surface area contributed by atoms with Gasteiger partial charge in [-0.3, -0.25) is 9.59 Å². The third-order valence-corrected chi connectivity index (χ3v) is 8.05. The maximum Gasteiger partial charge on any atom is 0.408 e. The fourth-order valence-corrected chi connectivity index (χ4v) is 5.68. The molecule has 3 unspecified atom stereocenters. The van der Waals surface area contributed by atoms with Crippen LogP contribution in [0.3, 0.4) is 0 Å². The standard InChI is InChI=1S/C43H55N3O6/c1-9-11-12-19-28-46(39(48)35(29-32-20-15-13-16-21-32)45-41(50)52-43(6,7)8)37(34-26-24-31(10-2)25-27-34)38(47)44-36(40(49)51-42(3,4)5)30-33-22-17-14-18-23-33/h2,13-18,20-27,35-37H,9,11-12,19,28-30H2,1,3-8H3,(H,44,47)(H,45,50). The number of ether oxygens (including phenoxy) is 2. The maximum atomic E-state index is 14.9. The first-order valence-electron chi connectivity index (χ1n) is 18.1. The van der Waals surface area contributed by atoms with E-state index in [1.165, 1.54) is 4.90 Å². The summed E-state index contributed by atoms with van der Waals surface area (Å²) in [6, 6.07) is 22.3. The Morgan fingerprint density at radius 1 is 0.712 bits per heavy atom. The number of hydrogen-bond acceptors (Lipinski definition) is 6. The predicted molar refractivity (Wildman–Crippen MR) is 204 cm³/mol. The highest BCUT2D eigenvalue weighted by molar-refractivity contribution is 5.94. The molecule has 278 valence electrons. The molecule has 9 heteroatoms. The monoisotopic (exact) mass is 709 g/mol. The van der Waals surface area contributed by atoms with Gasteiger partial charge in [0.15, 0.2) is 0 Å². The molecule has 0 aliphatic heterocycles. The maximum absolute atomic E-state index is 14.9. The van der Waals surface area contributed by atoms with Crippen molar-refractivity contribution < 1.29 is 28.7 Å². The number of alkyl carbamates (subject to hydrolysis) is 1. The first-order chi connectivity index (χ1) is 24.6. The van der Waals surface area contributed by atoms with Gasteiger partial charge in [0.1, 0.15) is 29.3 Å². The molecule has 0 aliphatic rings. The summed E-state index contributed by atoms with van der Waals surface area (Å²) in [5.41, 5.74) is 1.13. The second kappa shape index (κ2) is 19.5. The first-order valence-corrected chi connectivity index (χ1v) is 18.1. The molecule has 3 rings (SSSR count). The Kier molecular flexibility index (Phi) is 15.5. The van der Waals surface area contributed by atoms with Crippen LogP contribution in [0.5, 0.6) is 0 Å². The van der Waals surface area contributed by atoms with E-state index in [1.54, 1.807) is 65.8 Å². The molecule has 52 heavy (non-hydrogen) atoms. The van der Waals surface area contributed by atoms with Crippen LogP contribution in [0.4, 0.5) is 4.79 Å². The zero-order valence-electron chi connectivity index (χ0n) is 31.7. The third kappa shape index (κ3) is 13.9. The number of esters is 1. The first kappa shape index (κ1) is 41.3. The molecule has 0 saturated heterocycles. The van der Waals surface area contributed by atoms with Gasteiger partial charge in [0.2, 0.25) is 11.8 Å². The van der Waals surface area contributed by atoms with Crippen molar-refractivity contribution in [3.8, 4) is 12.3 Å². The Balaban J connectivity index is 2.13. The second-order valence-corrected chi connectivity index (χ2v) is 14.9. The molecule has 3 aromatic carbocycles. The van der Waals surface area contributed by atoms with Gasteiger partial charge in [-0.2, -0.15) is 0 Å². The SMILES string of the molecule is C#Cc1ccc(C(C(=O)NC(Cc2ccccc2)C(=O)OC(C)(C)C)N(CCCCCC)C(=O)C(Cc2ccccc2)NC(=O)OC(C)(C)C)cc1. The highest BCUT2D eigenvalue weighted by Gasteiger charge is 2.38. The van der Waals surface area contributed by atoms with Crippen LogP contribution in [-0.2, 0) is 36.7 Å². The molecule has 0 aliphatic carbocycles. The van der Waals surface area contributed by atoms with Crippen LogP contribution in [0, 0.1) is 12.3 Å². The van der Waals surface area contributed by atoms with E-state index in [0.29, 0.717) is 17.5 Å². The lowest BCUT2D eigenvalue weighted by atomic mass is 9.98. The number of carbonyl (C=O) groups is 4. The van der Waals surface area contributed by atoms with E-state index < -0.39 is 53.2 Å². The number of benzene rings is 3. The lowest BCUT2D eigenvalue weighted by Gasteiger charge is -2.35. The average Bonchev–Trinajstić information content (AvgIpc) is 3.08. The Bertz CT molecular complexity index is 1640. The van der Waals surface area contributed by atoms with Crippen molar-refractivity contribution >= 4 is 23.9 Å². The molecule has 0 fully saturated rings. The molecular formula is C43H55N3O6. The van der Waals surface area contributed by atoms with Crippen LogP contribution < -0.4 is 10.6 Å². The van der Waals surface area contributed by atoms with E-state index in [2.05, 4.69) is 23.5 Å². The van der Waals surface area contributed by atoms with E-state index in [-0.39, 0.29) is 19.4 Å². The van der Waals surface area contributed by atoms with Crippen molar-refractivity contribution in [2.24, 2.45) is 0 Å². The molecule has 2 N–H and O–H groups in total. The minimum atomic E-state index is -1.18. The molecule has 3 aromatic rings. The molecule has 0 saturated carbocycles. The van der Waals surface area contributed by atoms with Crippen molar-refractivity contribution in [1.29, 1.82) is 0 Å². The normalized spacial score (nSPS) is 13.1. The van der Waals surface area contributed by atoms with Crippen LogP contribution in [0.1, 0.15) is 102 Å². The summed E-state index contributed by atoms with van der Waals surface area (Å²) in [5.74, 6) is 0.966. The van der Waals surface area contributed by atoms with Gasteiger partial charge < -0.3 is 25.0 Å². The van der Waals surface area contributed by atoms with Gasteiger partial charge in [-0.05, 0) is 76.8 Å². The highest BCUT2D eigenvalue weighted by Crippen LogP contribution is 2.26. The summed E-state index contributed by atoms with van der Waals surface area (Å²) in [4.78, 5) is 58.0. The van der Waals surface area contributed by atoms with Gasteiger partial charge >= 0.3 is 12.1 Å². The highest BCUT2D eigenvalue weighted by atomic mass is 16.6. The van der Waals surface area contributed by atoms with Gasteiger partial charge in [-0.1, -0.05) is 105 Å². The summed E-state index contributed by atoms with van der Waals surface area (Å²) in [5, 5.41) is 5.75. The van der Waals surface area contributed by atoms with E-state index in [9.17, 15) is 19.2 Å². The van der Waals surface area contributed by atoms with Crippen LogP contribution in [0.2, 0.25) is 0 Å². The lowest BCUT2D eigenvalue weighted by Crippen LogP contribution is -2.55. The predicted octanol–water partition coefficient (Wildman–Crippen LogP) is 7.32. The number of terminal acetylenes is 1. The second-order valence-electron chi connectivity index (χ2n) is 14.9. The zero-order valence-corrected chi connectivity index (χ0v) is 31.7. The van der Waals surface area contributed by atoms with Crippen LogP contribution >= 0.6 is 0 Å². The fourth-order valence-electron chi connectivity index (χ4n) is 5.68. The van der Waals surface area contributed by atoms with Gasteiger partial charge in [-0.25, -0.2) is 9.59 Å². The molecule has 0 bridgehead atoms. The third-order valence-electron chi connectivity index (χ3n) is 8.05. The Hall–Kier alpha value is -5.10. The van der Waals surface area contributed by atoms with E-state index in [4.69, 9.17) is 15.9 Å². The number of nitrogens with one attached hydrogen (secondary N) is 2. The summed E-state index contributed by atoms with van der Waals surface area (Å²) < 4.78 is 11.3. The van der Waals surface area contributed by atoms with Crippen molar-refractivity contribution in [3.05, 3.63) is 107 Å². The van der Waals surface area contributed by atoms with Crippen LogP contribution in [0.15, 0.2) is 84.9 Å². The van der Waals surface area contributed by atoms with Gasteiger partial charge in [0, 0.05) is 24.9 Å². The van der Waals surface area contributed by atoms with Crippen molar-refractivity contribution in [2.75, 3.05) is 6.54 Å². The van der Waals surface area contributed by atoms with Crippen molar-refractivity contribution in [3.63, 3.8) is 0 Å². The van der Waals surface area contributed by atoms with Gasteiger partial charge in [0.05, 0.1) is 0 Å². The number of rotatable bonds is 16. The minimum absolute atomic E-state index is 0.156. The number of unbranched alkanes of at least 4 members (excludes halogenated alkanes) is 3. The van der Waals surface area contributed by atoms with E-state index in [0.717, 1.165) is 30.4 Å². The molecule has 9 nitrogen and oxygen atoms in total. The van der Waals surface area contributed by atoms with Crippen molar-refractivity contribution in [2.45, 2.75) is 116 Å².